The van der Waals surface area contributed by atoms with Crippen molar-refractivity contribution < 1.29 is 4.42 Å². The van der Waals surface area contributed by atoms with Crippen molar-refractivity contribution >= 4 is 30.2 Å². The number of oxazole rings is 1. The van der Waals surface area contributed by atoms with Gasteiger partial charge in [-0.25, -0.2) is 4.98 Å². The molecule has 2 heterocycles. The van der Waals surface area contributed by atoms with Gasteiger partial charge in [0.05, 0.1) is 11.5 Å². The van der Waals surface area contributed by atoms with Crippen LogP contribution in [-0.2, 0) is 6.42 Å². The maximum absolute atomic E-state index is 5.65. The van der Waals surface area contributed by atoms with Gasteiger partial charge in [-0.05, 0) is 0 Å². The molecule has 0 saturated carbocycles. The molecule has 1 aromatic heterocycles. The second-order valence-electron chi connectivity index (χ2n) is 2.84. The van der Waals surface area contributed by atoms with Crippen LogP contribution >= 0.6 is 11.8 Å². The highest BCUT2D eigenvalue weighted by atomic mass is 32.2. The van der Waals surface area contributed by atoms with Crippen LogP contribution in [0.5, 0.6) is 0 Å². The van der Waals surface area contributed by atoms with Crippen LogP contribution in [0.3, 0.4) is 0 Å². The molecule has 0 atom stereocenters. The van der Waals surface area contributed by atoms with Gasteiger partial charge in [-0.15, -0.1) is 11.8 Å². The van der Waals surface area contributed by atoms with Gasteiger partial charge in [0.15, 0.2) is 5.89 Å². The lowest BCUT2D eigenvalue weighted by Crippen LogP contribution is -2.11. The molecule has 0 saturated heterocycles. The SMILES string of the molecule is [B]c1nc(C)oc1CC1=NCCS1. The van der Waals surface area contributed by atoms with Gasteiger partial charge in [0, 0.05) is 24.8 Å². The first-order chi connectivity index (χ1) is 6.25. The Labute approximate surface area is 82.4 Å². The minimum atomic E-state index is 0.493. The van der Waals surface area contributed by atoms with Crippen molar-refractivity contribution in [2.75, 3.05) is 12.3 Å². The largest absolute Gasteiger partial charge is 0.446 e. The van der Waals surface area contributed by atoms with E-state index >= 15 is 0 Å². The van der Waals surface area contributed by atoms with Crippen molar-refractivity contribution in [3.8, 4) is 0 Å². The molecule has 0 aromatic carbocycles. The number of thioether (sulfide) groups is 1. The average molecular weight is 192 g/mol. The molecule has 1 aliphatic heterocycles. The van der Waals surface area contributed by atoms with Crippen LogP contribution in [-0.4, -0.2) is 30.2 Å². The summed E-state index contributed by atoms with van der Waals surface area (Å²) in [6, 6.07) is 0. The molecule has 0 bridgehead atoms. The first kappa shape index (κ1) is 8.87. The molecule has 2 radical (unpaired) electrons. The Bertz CT molecular complexity index is 348. The maximum Gasteiger partial charge on any atom is 0.190 e. The summed E-state index contributed by atoms with van der Waals surface area (Å²) in [6.45, 7) is 2.70. The van der Waals surface area contributed by atoms with Crippen molar-refractivity contribution in [1.29, 1.82) is 0 Å². The summed E-state index contributed by atoms with van der Waals surface area (Å²) in [6.07, 6.45) is 0.692. The van der Waals surface area contributed by atoms with Crippen molar-refractivity contribution in [2.45, 2.75) is 13.3 Å². The average Bonchev–Trinajstić information content (AvgIpc) is 2.63. The highest BCUT2D eigenvalue weighted by Crippen LogP contribution is 2.15. The van der Waals surface area contributed by atoms with E-state index in [1.54, 1.807) is 18.7 Å². The summed E-state index contributed by atoms with van der Waals surface area (Å²) in [5.74, 6) is 2.43. The van der Waals surface area contributed by atoms with E-state index in [9.17, 15) is 0 Å². The van der Waals surface area contributed by atoms with Crippen molar-refractivity contribution in [3.05, 3.63) is 11.7 Å². The molecular formula is C8H9BN2OS. The Hall–Kier alpha value is -0.705. The summed E-state index contributed by atoms with van der Waals surface area (Å²) in [5, 5.41) is 1.10. The molecule has 0 unspecified atom stereocenters. The van der Waals surface area contributed by atoms with Gasteiger partial charge >= 0.3 is 0 Å². The Kier molecular flexibility index (Phi) is 2.44. The van der Waals surface area contributed by atoms with E-state index in [4.69, 9.17) is 12.3 Å². The van der Waals surface area contributed by atoms with E-state index in [-0.39, 0.29) is 0 Å². The van der Waals surface area contributed by atoms with Crippen molar-refractivity contribution in [1.82, 2.24) is 4.98 Å². The van der Waals surface area contributed by atoms with E-state index in [1.165, 1.54) is 0 Å². The fraction of sp³-hybridized carbons (Fsp3) is 0.500. The van der Waals surface area contributed by atoms with Gasteiger partial charge < -0.3 is 4.42 Å². The third kappa shape index (κ3) is 1.96. The Morgan fingerprint density at radius 1 is 1.62 bits per heavy atom. The zero-order valence-corrected chi connectivity index (χ0v) is 8.23. The molecule has 5 heteroatoms. The third-order valence-electron chi connectivity index (χ3n) is 1.79. The number of aliphatic imine (C=N–C) groups is 1. The lowest BCUT2D eigenvalue weighted by Gasteiger charge is -1.95. The number of rotatable bonds is 2. The summed E-state index contributed by atoms with van der Waals surface area (Å²) >= 11 is 1.76. The van der Waals surface area contributed by atoms with Crippen LogP contribution in [0.25, 0.3) is 0 Å². The van der Waals surface area contributed by atoms with Gasteiger partial charge in [-0.1, -0.05) is 0 Å². The fourth-order valence-corrected chi connectivity index (χ4v) is 2.07. The van der Waals surface area contributed by atoms with Gasteiger partial charge in [0.1, 0.15) is 13.6 Å². The second kappa shape index (κ2) is 3.58. The third-order valence-corrected chi connectivity index (χ3v) is 2.79. The Morgan fingerprint density at radius 3 is 3.00 bits per heavy atom. The molecule has 3 nitrogen and oxygen atoms in total. The number of hydrogen-bond acceptors (Lipinski definition) is 4. The van der Waals surface area contributed by atoms with Crippen LogP contribution in [0.15, 0.2) is 9.41 Å². The van der Waals surface area contributed by atoms with Crippen LogP contribution in [0.1, 0.15) is 11.7 Å². The van der Waals surface area contributed by atoms with Crippen LogP contribution in [0.4, 0.5) is 0 Å². The zero-order valence-electron chi connectivity index (χ0n) is 7.41. The minimum absolute atomic E-state index is 0.493. The standard InChI is InChI=1S/C8H9BN2OS/c1-5-11-8(9)6(12-5)4-7-10-2-3-13-7/h2-4H2,1H3. The molecule has 1 aromatic rings. The molecule has 13 heavy (non-hydrogen) atoms. The first-order valence-electron chi connectivity index (χ1n) is 4.13. The molecule has 0 fully saturated rings. The Morgan fingerprint density at radius 2 is 2.46 bits per heavy atom. The van der Waals surface area contributed by atoms with E-state index < -0.39 is 0 Å². The van der Waals surface area contributed by atoms with Crippen LogP contribution in [0, 0.1) is 6.92 Å². The summed E-state index contributed by atoms with van der Waals surface area (Å²) in [4.78, 5) is 8.32. The normalized spacial score (nSPS) is 16.2. The molecule has 0 spiro atoms. The van der Waals surface area contributed by atoms with Crippen molar-refractivity contribution in [2.24, 2.45) is 4.99 Å². The fourth-order valence-electron chi connectivity index (χ4n) is 1.24. The van der Waals surface area contributed by atoms with E-state index in [1.807, 2.05) is 0 Å². The molecule has 0 N–H and O–H groups in total. The topological polar surface area (TPSA) is 38.4 Å². The quantitative estimate of drug-likeness (QED) is 0.639. The monoisotopic (exact) mass is 192 g/mol. The smallest absolute Gasteiger partial charge is 0.190 e. The van der Waals surface area contributed by atoms with Gasteiger partial charge in [0.2, 0.25) is 0 Å². The number of aromatic nitrogens is 1. The van der Waals surface area contributed by atoms with Gasteiger partial charge in [-0.2, -0.15) is 0 Å². The van der Waals surface area contributed by atoms with Gasteiger partial charge in [0.25, 0.3) is 0 Å². The molecule has 0 amide bonds. The second-order valence-corrected chi connectivity index (χ2v) is 4.01. The number of hydrogen-bond donors (Lipinski definition) is 0. The van der Waals surface area contributed by atoms with Crippen molar-refractivity contribution in [3.63, 3.8) is 0 Å². The minimum Gasteiger partial charge on any atom is -0.446 e. The van der Waals surface area contributed by atoms with Crippen LogP contribution < -0.4 is 5.59 Å². The molecule has 2 rings (SSSR count). The molecular weight excluding hydrogens is 183 g/mol. The lowest BCUT2D eigenvalue weighted by molar-refractivity contribution is 0.489. The number of nitrogens with zero attached hydrogens (tertiary/aromatic N) is 2. The highest BCUT2D eigenvalue weighted by Gasteiger charge is 2.12. The highest BCUT2D eigenvalue weighted by molar-refractivity contribution is 8.14. The molecule has 66 valence electrons. The van der Waals surface area contributed by atoms with E-state index in [0.717, 1.165) is 23.1 Å². The predicted molar refractivity (Wildman–Crippen MR) is 55.1 cm³/mol. The first-order valence-corrected chi connectivity index (χ1v) is 5.12. The van der Waals surface area contributed by atoms with E-state index in [2.05, 4.69) is 9.98 Å². The molecule has 0 aliphatic carbocycles. The summed E-state index contributed by atoms with van der Waals surface area (Å²) in [5.41, 5.74) is 0.493. The maximum atomic E-state index is 5.65. The lowest BCUT2D eigenvalue weighted by atomic mass is 10.0. The number of aryl methyl sites for hydroxylation is 1. The van der Waals surface area contributed by atoms with Gasteiger partial charge in [-0.3, -0.25) is 4.99 Å². The predicted octanol–water partition coefficient (Wildman–Crippen LogP) is 0.465. The summed E-state index contributed by atoms with van der Waals surface area (Å²) < 4.78 is 5.35. The molecule has 1 aliphatic rings. The Balaban J connectivity index is 2.12. The zero-order chi connectivity index (χ0) is 9.26. The van der Waals surface area contributed by atoms with E-state index in [0.29, 0.717) is 17.9 Å². The summed E-state index contributed by atoms with van der Waals surface area (Å²) in [7, 11) is 5.65. The van der Waals surface area contributed by atoms with Crippen LogP contribution in [0.2, 0.25) is 0 Å².